The highest BCUT2D eigenvalue weighted by Gasteiger charge is 2.36. The predicted octanol–water partition coefficient (Wildman–Crippen LogP) is 1.41. The molecule has 0 bridgehead atoms. The zero-order valence-electron chi connectivity index (χ0n) is 16.5. The Hall–Kier alpha value is -2.08. The SMILES string of the molecule is O=C[C@@H]1CCCN1C(=O)CN1CCC[C@H](NS(=O)(=O)c2cc3nc(Cl)ccc3s2)C1=O. The van der Waals surface area contributed by atoms with Crippen molar-refractivity contribution in [2.24, 2.45) is 0 Å². The summed E-state index contributed by atoms with van der Waals surface area (Å²) in [6.07, 6.45) is 3.04. The van der Waals surface area contributed by atoms with E-state index in [-0.39, 0.29) is 21.8 Å². The second-order valence-corrected chi connectivity index (χ2v) is 11.0. The molecule has 0 aromatic carbocycles. The van der Waals surface area contributed by atoms with Gasteiger partial charge in [0.1, 0.15) is 21.7 Å². The normalized spacial score (nSPS) is 22.3. The molecule has 2 amide bonds. The summed E-state index contributed by atoms with van der Waals surface area (Å²) in [6, 6.07) is 3.30. The Balaban J connectivity index is 1.46. The number of rotatable bonds is 6. The van der Waals surface area contributed by atoms with Crippen molar-refractivity contribution in [1.29, 1.82) is 0 Å². The maximum atomic E-state index is 12.9. The fourth-order valence-corrected chi connectivity index (χ4v) is 6.67. The van der Waals surface area contributed by atoms with E-state index in [9.17, 15) is 22.8 Å². The molecule has 2 fully saturated rings. The first-order chi connectivity index (χ1) is 14.8. The number of halogens is 1. The van der Waals surface area contributed by atoms with Crippen LogP contribution in [0.25, 0.3) is 10.2 Å². The summed E-state index contributed by atoms with van der Waals surface area (Å²) in [7, 11) is -3.95. The molecule has 166 valence electrons. The lowest BCUT2D eigenvalue weighted by molar-refractivity contribution is -0.144. The van der Waals surface area contributed by atoms with Crippen LogP contribution in [0, 0.1) is 0 Å². The lowest BCUT2D eigenvalue weighted by atomic mass is 10.1. The smallest absolute Gasteiger partial charge is 0.250 e. The van der Waals surface area contributed by atoms with Crippen molar-refractivity contribution < 1.29 is 22.8 Å². The molecule has 2 aliphatic rings. The van der Waals surface area contributed by atoms with E-state index in [1.165, 1.54) is 15.9 Å². The van der Waals surface area contributed by atoms with E-state index >= 15 is 0 Å². The molecule has 4 rings (SSSR count). The molecule has 2 aliphatic heterocycles. The van der Waals surface area contributed by atoms with Crippen molar-refractivity contribution in [2.45, 2.75) is 42.0 Å². The minimum absolute atomic E-state index is 0.0455. The van der Waals surface area contributed by atoms with Gasteiger partial charge in [-0.15, -0.1) is 11.3 Å². The van der Waals surface area contributed by atoms with Gasteiger partial charge < -0.3 is 14.6 Å². The molecule has 2 aromatic heterocycles. The van der Waals surface area contributed by atoms with Crippen LogP contribution in [0.5, 0.6) is 0 Å². The molecule has 2 atom stereocenters. The Morgan fingerprint density at radius 2 is 2.06 bits per heavy atom. The van der Waals surface area contributed by atoms with Gasteiger partial charge in [-0.25, -0.2) is 13.4 Å². The summed E-state index contributed by atoms with van der Waals surface area (Å²) in [4.78, 5) is 43.6. The Labute approximate surface area is 188 Å². The molecule has 9 nitrogen and oxygen atoms in total. The number of nitrogens with one attached hydrogen (secondary N) is 1. The first-order valence-corrected chi connectivity index (χ1v) is 12.6. The minimum Gasteiger partial charge on any atom is -0.332 e. The number of hydrogen-bond acceptors (Lipinski definition) is 7. The van der Waals surface area contributed by atoms with Crippen LogP contribution in [0.3, 0.4) is 0 Å². The van der Waals surface area contributed by atoms with Gasteiger partial charge in [0.15, 0.2) is 0 Å². The number of likely N-dealkylation sites (tertiary alicyclic amines) is 2. The van der Waals surface area contributed by atoms with E-state index in [1.54, 1.807) is 12.1 Å². The Bertz CT molecular complexity index is 1140. The van der Waals surface area contributed by atoms with Crippen molar-refractivity contribution >= 4 is 61.3 Å². The highest BCUT2D eigenvalue weighted by molar-refractivity contribution is 7.91. The maximum Gasteiger partial charge on any atom is 0.250 e. The number of aldehydes is 1. The van der Waals surface area contributed by atoms with Crippen LogP contribution >= 0.6 is 22.9 Å². The zero-order chi connectivity index (χ0) is 22.2. The number of nitrogens with zero attached hydrogens (tertiary/aromatic N) is 3. The van der Waals surface area contributed by atoms with Gasteiger partial charge in [-0.3, -0.25) is 9.59 Å². The van der Waals surface area contributed by atoms with Crippen molar-refractivity contribution in [3.63, 3.8) is 0 Å². The largest absolute Gasteiger partial charge is 0.332 e. The summed E-state index contributed by atoms with van der Waals surface area (Å²) in [5.74, 6) is -0.730. The number of aromatic nitrogens is 1. The van der Waals surface area contributed by atoms with E-state index in [2.05, 4.69) is 9.71 Å². The van der Waals surface area contributed by atoms with E-state index in [0.717, 1.165) is 24.0 Å². The molecule has 1 N–H and O–H groups in total. The number of piperidine rings is 1. The maximum absolute atomic E-state index is 12.9. The van der Waals surface area contributed by atoms with Gasteiger partial charge in [0.25, 0.3) is 10.0 Å². The van der Waals surface area contributed by atoms with Gasteiger partial charge >= 0.3 is 0 Å². The number of carbonyl (C=O) groups is 3. The number of sulfonamides is 1. The minimum atomic E-state index is -3.95. The second-order valence-electron chi connectivity index (χ2n) is 7.59. The molecule has 2 aromatic rings. The molecule has 0 spiro atoms. The van der Waals surface area contributed by atoms with Crippen LogP contribution in [-0.2, 0) is 24.4 Å². The van der Waals surface area contributed by atoms with Crippen LogP contribution in [0.1, 0.15) is 25.7 Å². The molecule has 0 radical (unpaired) electrons. The van der Waals surface area contributed by atoms with Crippen LogP contribution < -0.4 is 4.72 Å². The number of amides is 2. The molecular weight excluding hydrogens is 464 g/mol. The van der Waals surface area contributed by atoms with Crippen LogP contribution in [0.4, 0.5) is 0 Å². The van der Waals surface area contributed by atoms with Crippen molar-refractivity contribution in [3.8, 4) is 0 Å². The molecule has 31 heavy (non-hydrogen) atoms. The standard InChI is InChI=1S/C19H21ClN4O5S2/c20-16-6-5-15-14(21-16)9-18(30-15)31(28,29)22-13-4-2-7-23(19(13)27)10-17(26)24-8-1-3-12(24)11-25/h5-6,9,11-13,22H,1-4,7-8,10H2/t12-,13-/m0/s1. The van der Waals surface area contributed by atoms with Gasteiger partial charge in [0, 0.05) is 13.1 Å². The highest BCUT2D eigenvalue weighted by Crippen LogP contribution is 2.29. The average molecular weight is 485 g/mol. The first kappa shape index (κ1) is 22.1. The lowest BCUT2D eigenvalue weighted by Crippen LogP contribution is -2.54. The molecule has 2 saturated heterocycles. The quantitative estimate of drug-likeness (QED) is 0.489. The zero-order valence-corrected chi connectivity index (χ0v) is 18.9. The monoisotopic (exact) mass is 484 g/mol. The van der Waals surface area contributed by atoms with Gasteiger partial charge in [0.2, 0.25) is 11.8 Å². The van der Waals surface area contributed by atoms with Crippen molar-refractivity contribution in [3.05, 3.63) is 23.4 Å². The van der Waals surface area contributed by atoms with Crippen LogP contribution in [0.15, 0.2) is 22.4 Å². The van der Waals surface area contributed by atoms with E-state index < -0.39 is 28.0 Å². The molecular formula is C19H21ClN4O5S2. The fraction of sp³-hybridized carbons (Fsp3) is 0.474. The Kier molecular flexibility index (Phi) is 6.29. The Morgan fingerprint density at radius 3 is 2.84 bits per heavy atom. The molecule has 12 heteroatoms. The molecule has 0 saturated carbocycles. The van der Waals surface area contributed by atoms with Crippen LogP contribution in [-0.4, -0.2) is 73.0 Å². The highest BCUT2D eigenvalue weighted by atomic mass is 35.5. The van der Waals surface area contributed by atoms with Gasteiger partial charge in [-0.2, -0.15) is 4.72 Å². The summed E-state index contributed by atoms with van der Waals surface area (Å²) in [6.45, 7) is 0.699. The number of pyridine rings is 1. The van der Waals surface area contributed by atoms with Crippen LogP contribution in [0.2, 0.25) is 5.15 Å². The van der Waals surface area contributed by atoms with E-state index in [1.807, 2.05) is 0 Å². The predicted molar refractivity (Wildman–Crippen MR) is 115 cm³/mol. The number of thiophene rings is 1. The first-order valence-electron chi connectivity index (χ1n) is 9.90. The van der Waals surface area contributed by atoms with E-state index in [0.29, 0.717) is 42.6 Å². The van der Waals surface area contributed by atoms with Gasteiger partial charge in [-0.1, -0.05) is 11.6 Å². The summed E-state index contributed by atoms with van der Waals surface area (Å²) in [5, 5.41) is 0.264. The summed E-state index contributed by atoms with van der Waals surface area (Å²) < 4.78 is 28.9. The summed E-state index contributed by atoms with van der Waals surface area (Å²) in [5.41, 5.74) is 0.468. The summed E-state index contributed by atoms with van der Waals surface area (Å²) >= 11 is 6.91. The van der Waals surface area contributed by atoms with Gasteiger partial charge in [0.05, 0.1) is 22.8 Å². The molecule has 4 heterocycles. The second kappa shape index (κ2) is 8.81. The number of fused-ring (bicyclic) bond motifs is 1. The van der Waals surface area contributed by atoms with Crippen molar-refractivity contribution in [2.75, 3.05) is 19.6 Å². The molecule has 0 unspecified atom stereocenters. The fourth-order valence-electron chi connectivity index (χ4n) is 3.96. The molecule has 0 aliphatic carbocycles. The average Bonchev–Trinajstić information content (AvgIpc) is 3.37. The number of hydrogen-bond donors (Lipinski definition) is 1. The third-order valence-electron chi connectivity index (χ3n) is 5.51. The number of carbonyl (C=O) groups excluding carboxylic acids is 3. The van der Waals surface area contributed by atoms with Gasteiger partial charge in [-0.05, 0) is 43.9 Å². The topological polar surface area (TPSA) is 117 Å². The van der Waals surface area contributed by atoms with Crippen molar-refractivity contribution in [1.82, 2.24) is 19.5 Å². The lowest BCUT2D eigenvalue weighted by Gasteiger charge is -2.33. The van der Waals surface area contributed by atoms with E-state index in [4.69, 9.17) is 11.6 Å². The third-order valence-corrected chi connectivity index (χ3v) is 8.76. The third kappa shape index (κ3) is 4.59. The Morgan fingerprint density at radius 1 is 1.29 bits per heavy atom.